The summed E-state index contributed by atoms with van der Waals surface area (Å²) in [6.45, 7) is 5.47. The first-order chi connectivity index (χ1) is 8.82. The monoisotopic (exact) mass is 328 g/mol. The van der Waals surface area contributed by atoms with Crippen LogP contribution in [0, 0.1) is 6.92 Å². The lowest BCUT2D eigenvalue weighted by atomic mass is 9.98. The molecule has 1 rings (SSSR count). The normalized spacial score (nSPS) is 15.4. The summed E-state index contributed by atoms with van der Waals surface area (Å²) >= 11 is 3.03. The number of carboxylic acids is 1. The number of hydrogen-bond acceptors (Lipinski definition) is 3. The Hall–Kier alpha value is -1.36. The van der Waals surface area contributed by atoms with E-state index in [1.54, 1.807) is 31.2 Å². The molecule has 5 heteroatoms. The summed E-state index contributed by atoms with van der Waals surface area (Å²) in [4.78, 5) is 23.6. The molecule has 0 saturated heterocycles. The highest BCUT2D eigenvalue weighted by atomic mass is 79.9. The summed E-state index contributed by atoms with van der Waals surface area (Å²) in [5.74, 6) is -2.09. The average Bonchev–Trinajstić information content (AvgIpc) is 2.38. The first-order valence-corrected chi connectivity index (χ1v) is 6.82. The number of hydrogen-bond donors (Lipinski definition) is 1. The van der Waals surface area contributed by atoms with Gasteiger partial charge in [-0.15, -0.1) is 0 Å². The standard InChI is InChI=1S/C14H17BrO4/c1-4-10(3)19-13(18)14(15,12(16)17)11-7-5-9(2)6-8-11/h5-8,10H,4H2,1-3H3,(H,16,17). The third-order valence-corrected chi connectivity index (χ3v) is 4.03. The van der Waals surface area contributed by atoms with Crippen molar-refractivity contribution in [3.63, 3.8) is 0 Å². The van der Waals surface area contributed by atoms with Crippen molar-refractivity contribution in [3.05, 3.63) is 35.4 Å². The number of carbonyl (C=O) groups excluding carboxylic acids is 1. The Morgan fingerprint density at radius 1 is 1.37 bits per heavy atom. The second-order valence-corrected chi connectivity index (χ2v) is 5.64. The van der Waals surface area contributed by atoms with Crippen molar-refractivity contribution in [2.24, 2.45) is 0 Å². The summed E-state index contributed by atoms with van der Waals surface area (Å²) in [6, 6.07) is 6.72. The van der Waals surface area contributed by atoms with E-state index in [9.17, 15) is 14.7 Å². The molecule has 0 radical (unpaired) electrons. The Morgan fingerprint density at radius 3 is 2.32 bits per heavy atom. The molecule has 0 spiro atoms. The van der Waals surface area contributed by atoms with Crippen LogP contribution in [0.4, 0.5) is 0 Å². The van der Waals surface area contributed by atoms with E-state index in [0.29, 0.717) is 12.0 Å². The number of ether oxygens (including phenoxy) is 1. The molecule has 0 saturated carbocycles. The number of aryl methyl sites for hydroxylation is 1. The van der Waals surface area contributed by atoms with E-state index < -0.39 is 16.3 Å². The molecule has 19 heavy (non-hydrogen) atoms. The van der Waals surface area contributed by atoms with Gasteiger partial charge in [0, 0.05) is 0 Å². The average molecular weight is 329 g/mol. The number of halogens is 1. The van der Waals surface area contributed by atoms with Crippen LogP contribution in [0.25, 0.3) is 0 Å². The molecule has 104 valence electrons. The Labute approximate surface area is 120 Å². The van der Waals surface area contributed by atoms with Crippen LogP contribution in [0.15, 0.2) is 24.3 Å². The third-order valence-electron chi connectivity index (χ3n) is 2.91. The minimum Gasteiger partial charge on any atom is -0.480 e. The lowest BCUT2D eigenvalue weighted by Gasteiger charge is -2.23. The van der Waals surface area contributed by atoms with Crippen LogP contribution in [-0.2, 0) is 18.7 Å². The van der Waals surface area contributed by atoms with E-state index in [1.165, 1.54) is 0 Å². The van der Waals surface area contributed by atoms with E-state index in [1.807, 2.05) is 13.8 Å². The fourth-order valence-electron chi connectivity index (χ4n) is 1.46. The van der Waals surface area contributed by atoms with Gasteiger partial charge in [0.15, 0.2) is 0 Å². The van der Waals surface area contributed by atoms with E-state index >= 15 is 0 Å². The fraction of sp³-hybridized carbons (Fsp3) is 0.429. The van der Waals surface area contributed by atoms with Gasteiger partial charge in [-0.1, -0.05) is 52.7 Å². The van der Waals surface area contributed by atoms with Crippen LogP contribution in [0.1, 0.15) is 31.4 Å². The number of rotatable bonds is 5. The molecule has 0 bridgehead atoms. The number of aliphatic carboxylic acids is 1. The van der Waals surface area contributed by atoms with Gasteiger partial charge < -0.3 is 9.84 Å². The zero-order valence-corrected chi connectivity index (χ0v) is 12.7. The molecule has 2 unspecified atom stereocenters. The van der Waals surface area contributed by atoms with Crippen LogP contribution >= 0.6 is 15.9 Å². The lowest BCUT2D eigenvalue weighted by Crippen LogP contribution is -2.40. The second kappa shape index (κ2) is 6.19. The molecule has 1 aromatic carbocycles. The van der Waals surface area contributed by atoms with Crippen molar-refractivity contribution in [2.75, 3.05) is 0 Å². The van der Waals surface area contributed by atoms with Gasteiger partial charge >= 0.3 is 11.9 Å². The van der Waals surface area contributed by atoms with Crippen molar-refractivity contribution in [3.8, 4) is 0 Å². The van der Waals surface area contributed by atoms with Gasteiger partial charge in [-0.25, -0.2) is 9.59 Å². The molecule has 1 aromatic rings. The molecule has 0 aromatic heterocycles. The van der Waals surface area contributed by atoms with Gasteiger partial charge in [-0.05, 0) is 25.8 Å². The Morgan fingerprint density at radius 2 is 1.89 bits per heavy atom. The molecular formula is C14H17BrO4. The van der Waals surface area contributed by atoms with Gasteiger partial charge in [0.25, 0.3) is 0 Å². The largest absolute Gasteiger partial charge is 0.480 e. The predicted octanol–water partition coefficient (Wildman–Crippen LogP) is 3.01. The second-order valence-electron chi connectivity index (χ2n) is 4.45. The number of benzene rings is 1. The van der Waals surface area contributed by atoms with Crippen LogP contribution < -0.4 is 0 Å². The summed E-state index contributed by atoms with van der Waals surface area (Å²) in [5, 5.41) is 9.36. The summed E-state index contributed by atoms with van der Waals surface area (Å²) < 4.78 is 3.29. The predicted molar refractivity (Wildman–Crippen MR) is 75.3 cm³/mol. The molecular weight excluding hydrogens is 312 g/mol. The Kier molecular flexibility index (Phi) is 5.11. The SMILES string of the molecule is CCC(C)OC(=O)C(Br)(C(=O)O)c1ccc(C)cc1. The highest BCUT2D eigenvalue weighted by Gasteiger charge is 2.47. The number of carboxylic acid groups (broad SMARTS) is 1. The van der Waals surface area contributed by atoms with Crippen LogP contribution in [-0.4, -0.2) is 23.1 Å². The first kappa shape index (κ1) is 15.7. The zero-order chi connectivity index (χ0) is 14.6. The topological polar surface area (TPSA) is 63.6 Å². The van der Waals surface area contributed by atoms with Crippen molar-refractivity contribution in [2.45, 2.75) is 37.6 Å². The highest BCUT2D eigenvalue weighted by molar-refractivity contribution is 9.10. The van der Waals surface area contributed by atoms with E-state index in [4.69, 9.17) is 4.74 Å². The molecule has 4 nitrogen and oxygen atoms in total. The van der Waals surface area contributed by atoms with Gasteiger partial charge in [0.2, 0.25) is 4.32 Å². The zero-order valence-electron chi connectivity index (χ0n) is 11.1. The molecule has 0 aliphatic heterocycles. The van der Waals surface area contributed by atoms with Gasteiger partial charge in [0.1, 0.15) is 0 Å². The lowest BCUT2D eigenvalue weighted by molar-refractivity contribution is -0.159. The third kappa shape index (κ3) is 3.35. The Bertz CT molecular complexity index is 469. The Balaban J connectivity index is 3.13. The van der Waals surface area contributed by atoms with Crippen molar-refractivity contribution in [1.29, 1.82) is 0 Å². The number of carbonyl (C=O) groups is 2. The maximum atomic E-state index is 12.1. The first-order valence-electron chi connectivity index (χ1n) is 6.02. The summed E-state index contributed by atoms with van der Waals surface area (Å²) in [6.07, 6.45) is 0.303. The number of esters is 1. The smallest absolute Gasteiger partial charge is 0.339 e. The van der Waals surface area contributed by atoms with E-state index in [-0.39, 0.29) is 6.10 Å². The molecule has 0 aliphatic carbocycles. The van der Waals surface area contributed by atoms with Gasteiger partial charge in [0.05, 0.1) is 6.10 Å². The van der Waals surface area contributed by atoms with E-state index in [2.05, 4.69) is 15.9 Å². The highest BCUT2D eigenvalue weighted by Crippen LogP contribution is 2.34. The maximum absolute atomic E-state index is 12.1. The molecule has 0 fully saturated rings. The number of alkyl halides is 1. The molecule has 0 heterocycles. The molecule has 2 atom stereocenters. The van der Waals surface area contributed by atoms with E-state index in [0.717, 1.165) is 5.56 Å². The minimum absolute atomic E-state index is 0.325. The minimum atomic E-state index is -1.86. The summed E-state index contributed by atoms with van der Waals surface area (Å²) in [7, 11) is 0. The van der Waals surface area contributed by atoms with Crippen LogP contribution in [0.5, 0.6) is 0 Å². The van der Waals surface area contributed by atoms with Gasteiger partial charge in [-0.3, -0.25) is 0 Å². The van der Waals surface area contributed by atoms with Crippen molar-refractivity contribution >= 4 is 27.9 Å². The fourth-order valence-corrected chi connectivity index (χ4v) is 1.82. The maximum Gasteiger partial charge on any atom is 0.339 e. The van der Waals surface area contributed by atoms with Crippen molar-refractivity contribution < 1.29 is 19.4 Å². The molecule has 0 amide bonds. The van der Waals surface area contributed by atoms with Crippen LogP contribution in [0.3, 0.4) is 0 Å². The quantitative estimate of drug-likeness (QED) is 0.512. The van der Waals surface area contributed by atoms with Crippen LogP contribution in [0.2, 0.25) is 0 Å². The molecule has 1 N–H and O–H groups in total. The molecule has 0 aliphatic rings. The van der Waals surface area contributed by atoms with Crippen molar-refractivity contribution in [1.82, 2.24) is 0 Å². The summed E-state index contributed by atoms with van der Waals surface area (Å²) in [5.41, 5.74) is 1.33. The van der Waals surface area contributed by atoms with Gasteiger partial charge in [-0.2, -0.15) is 0 Å².